The number of hydrogen-bond donors (Lipinski definition) is 1. The first-order valence-corrected chi connectivity index (χ1v) is 15.2. The summed E-state index contributed by atoms with van der Waals surface area (Å²) in [5.41, 5.74) is 8.82. The topological polar surface area (TPSA) is 20.2 Å². The summed E-state index contributed by atoms with van der Waals surface area (Å²) < 4.78 is 0. The van der Waals surface area contributed by atoms with Gasteiger partial charge in [-0.15, -0.1) is 0 Å². The van der Waals surface area contributed by atoms with Crippen LogP contribution in [0.25, 0.3) is 0 Å². The fourth-order valence-corrected chi connectivity index (χ4v) is 5.71. The second-order valence-electron chi connectivity index (χ2n) is 13.3. The van der Waals surface area contributed by atoms with Gasteiger partial charge in [0.25, 0.3) is 0 Å². The van der Waals surface area contributed by atoms with E-state index in [0.29, 0.717) is 16.9 Å². The molecule has 2 aliphatic carbocycles. The molecule has 0 radical (unpaired) electrons. The van der Waals surface area contributed by atoms with Gasteiger partial charge in [-0.3, -0.25) is 0 Å². The van der Waals surface area contributed by atoms with Crippen molar-refractivity contribution in [1.82, 2.24) is 0 Å². The number of aliphatic hydroxyl groups excluding tert-OH is 1. The minimum absolute atomic E-state index is 0.177. The Morgan fingerprint density at radius 3 is 2.24 bits per heavy atom. The van der Waals surface area contributed by atoms with Crippen LogP contribution in [0, 0.1) is 28.6 Å². The molecule has 0 amide bonds. The van der Waals surface area contributed by atoms with E-state index in [-0.39, 0.29) is 5.41 Å². The van der Waals surface area contributed by atoms with Gasteiger partial charge in [0.15, 0.2) is 0 Å². The highest BCUT2D eigenvalue weighted by Gasteiger charge is 2.30. The van der Waals surface area contributed by atoms with E-state index in [1.54, 1.807) is 6.08 Å². The summed E-state index contributed by atoms with van der Waals surface area (Å²) in [5, 5.41) is 10.5. The second-order valence-corrected chi connectivity index (χ2v) is 13.3. The smallest absolute Gasteiger partial charge is 0.0969 e. The molecule has 0 bridgehead atoms. The first-order chi connectivity index (χ1) is 19.2. The van der Waals surface area contributed by atoms with Gasteiger partial charge in [-0.2, -0.15) is 0 Å². The van der Waals surface area contributed by atoms with Gasteiger partial charge in [-0.05, 0) is 112 Å². The van der Waals surface area contributed by atoms with E-state index < -0.39 is 6.10 Å². The third-order valence-electron chi connectivity index (χ3n) is 8.47. The molecule has 1 heteroatoms. The van der Waals surface area contributed by atoms with Crippen LogP contribution in [-0.2, 0) is 0 Å². The summed E-state index contributed by atoms with van der Waals surface area (Å²) in [4.78, 5) is 0. The fourth-order valence-electron chi connectivity index (χ4n) is 5.71. The summed E-state index contributed by atoms with van der Waals surface area (Å²) >= 11 is 0. The molecule has 0 saturated heterocycles. The van der Waals surface area contributed by atoms with Crippen LogP contribution >= 0.6 is 0 Å². The van der Waals surface area contributed by atoms with Crippen LogP contribution < -0.4 is 0 Å². The summed E-state index contributed by atoms with van der Waals surface area (Å²) in [6.07, 6.45) is 30.2. The molecule has 0 aliphatic heterocycles. The Morgan fingerprint density at radius 2 is 1.61 bits per heavy atom. The van der Waals surface area contributed by atoms with E-state index in [1.807, 2.05) is 31.2 Å². The Bertz CT molecular complexity index is 1280. The second kappa shape index (κ2) is 15.8. The van der Waals surface area contributed by atoms with E-state index in [4.69, 9.17) is 0 Å². The monoisotopic (exact) mass is 550 g/mol. The van der Waals surface area contributed by atoms with Gasteiger partial charge in [-0.1, -0.05) is 124 Å². The molecule has 0 aromatic carbocycles. The standard InChI is InChI=1S/C40H54O/c1-30(18-13-19-32(3)22-25-36-33(4)20-14-28-39(36,7)8)16-11-12-17-31(2)23-27-38(41)35(6)24-26-37-34(5)21-15-29-40(37,9)10/h13,16-20,22-27,36,38,41H,6,14-15,21,28-29H2,1-5,7-10H3/b18-13+,25-22+,26-24+,27-23+,30-16+,31-17+,32-19+/t36-,38?/m0/s1. The van der Waals surface area contributed by atoms with Gasteiger partial charge in [-0.25, -0.2) is 0 Å². The van der Waals surface area contributed by atoms with Crippen molar-refractivity contribution in [3.8, 4) is 11.8 Å². The van der Waals surface area contributed by atoms with Crippen LogP contribution in [0.4, 0.5) is 0 Å². The van der Waals surface area contributed by atoms with E-state index in [9.17, 15) is 5.11 Å². The lowest BCUT2D eigenvalue weighted by atomic mass is 9.68. The number of rotatable bonds is 9. The third-order valence-corrected chi connectivity index (χ3v) is 8.47. The SMILES string of the molecule is C=C(/C=C/C1=C(C)CCCC1(C)C)C(O)/C=C/C(C)=C/C#C/C=C(C)/C=C/C=C(C)/C=C/[C@H]1C(C)=CCCC1(C)C. The predicted molar refractivity (Wildman–Crippen MR) is 181 cm³/mol. The molecule has 1 nitrogen and oxygen atoms in total. The highest BCUT2D eigenvalue weighted by atomic mass is 16.3. The zero-order valence-electron chi connectivity index (χ0n) is 27.3. The molecular weight excluding hydrogens is 496 g/mol. The van der Waals surface area contributed by atoms with Crippen molar-refractivity contribution >= 4 is 0 Å². The third kappa shape index (κ3) is 11.4. The lowest BCUT2D eigenvalue weighted by molar-refractivity contribution is 0.255. The summed E-state index contributed by atoms with van der Waals surface area (Å²) in [6, 6.07) is 0. The molecule has 41 heavy (non-hydrogen) atoms. The zero-order valence-corrected chi connectivity index (χ0v) is 27.3. The molecule has 220 valence electrons. The lowest BCUT2D eigenvalue weighted by Gasteiger charge is -2.36. The van der Waals surface area contributed by atoms with Crippen LogP contribution in [0.3, 0.4) is 0 Å². The average molecular weight is 551 g/mol. The van der Waals surface area contributed by atoms with Crippen molar-refractivity contribution in [1.29, 1.82) is 0 Å². The molecule has 0 aromatic rings. The minimum atomic E-state index is -0.719. The highest BCUT2D eigenvalue weighted by Crippen LogP contribution is 2.42. The summed E-state index contributed by atoms with van der Waals surface area (Å²) in [6.45, 7) is 24.1. The van der Waals surface area contributed by atoms with Crippen molar-refractivity contribution in [2.45, 2.75) is 101 Å². The van der Waals surface area contributed by atoms with Crippen LogP contribution in [-0.4, -0.2) is 11.2 Å². The number of allylic oxidation sites excluding steroid dienone is 16. The Labute approximate surface area is 252 Å². The highest BCUT2D eigenvalue weighted by molar-refractivity contribution is 5.39. The van der Waals surface area contributed by atoms with E-state index >= 15 is 0 Å². The van der Waals surface area contributed by atoms with Crippen molar-refractivity contribution < 1.29 is 5.11 Å². The Morgan fingerprint density at radius 1 is 0.951 bits per heavy atom. The average Bonchev–Trinajstić information content (AvgIpc) is 2.88. The van der Waals surface area contributed by atoms with Gasteiger partial charge in [0.05, 0.1) is 6.10 Å². The molecule has 0 spiro atoms. The Hall–Kier alpha value is -3.08. The maximum Gasteiger partial charge on any atom is 0.0969 e. The van der Waals surface area contributed by atoms with Crippen LogP contribution in [0.15, 0.2) is 119 Å². The molecule has 0 heterocycles. The first-order valence-electron chi connectivity index (χ1n) is 15.2. The lowest BCUT2D eigenvalue weighted by Crippen LogP contribution is -2.26. The van der Waals surface area contributed by atoms with Crippen molar-refractivity contribution in [2.75, 3.05) is 0 Å². The van der Waals surface area contributed by atoms with Crippen molar-refractivity contribution in [3.63, 3.8) is 0 Å². The number of hydrogen-bond acceptors (Lipinski definition) is 1. The predicted octanol–water partition coefficient (Wildman–Crippen LogP) is 10.9. The molecule has 0 fully saturated rings. The van der Waals surface area contributed by atoms with E-state index in [1.165, 1.54) is 48.0 Å². The maximum atomic E-state index is 10.5. The summed E-state index contributed by atoms with van der Waals surface area (Å²) in [7, 11) is 0. The van der Waals surface area contributed by atoms with Gasteiger partial charge >= 0.3 is 0 Å². The van der Waals surface area contributed by atoms with E-state index in [0.717, 1.165) is 17.6 Å². The molecule has 2 aliphatic rings. The normalized spacial score (nSPS) is 22.9. The van der Waals surface area contributed by atoms with Gasteiger partial charge < -0.3 is 5.11 Å². The quantitative estimate of drug-likeness (QED) is 0.172. The maximum absolute atomic E-state index is 10.5. The van der Waals surface area contributed by atoms with Crippen LogP contribution in [0.1, 0.15) is 94.4 Å². The Balaban J connectivity index is 1.90. The van der Waals surface area contributed by atoms with Crippen molar-refractivity contribution in [3.05, 3.63) is 119 Å². The van der Waals surface area contributed by atoms with Gasteiger partial charge in [0.2, 0.25) is 0 Å². The van der Waals surface area contributed by atoms with Crippen LogP contribution in [0.2, 0.25) is 0 Å². The molecule has 1 N–H and O–H groups in total. The summed E-state index contributed by atoms with van der Waals surface area (Å²) in [5.74, 6) is 6.70. The van der Waals surface area contributed by atoms with Gasteiger partial charge in [0.1, 0.15) is 0 Å². The fraction of sp³-hybridized carbons (Fsp3) is 0.450. The molecular formula is C40H54O. The molecule has 1 unspecified atom stereocenters. The zero-order chi connectivity index (χ0) is 30.6. The number of aliphatic hydroxyl groups is 1. The molecule has 2 rings (SSSR count). The van der Waals surface area contributed by atoms with Crippen LogP contribution in [0.5, 0.6) is 0 Å². The van der Waals surface area contributed by atoms with Crippen molar-refractivity contribution in [2.24, 2.45) is 16.7 Å². The van der Waals surface area contributed by atoms with E-state index in [2.05, 4.69) is 116 Å². The Kier molecular flexibility index (Phi) is 13.1. The molecule has 0 aromatic heterocycles. The largest absolute Gasteiger partial charge is 0.384 e. The first kappa shape index (κ1) is 34.1. The molecule has 0 saturated carbocycles. The molecule has 2 atom stereocenters. The van der Waals surface area contributed by atoms with Gasteiger partial charge in [0, 0.05) is 5.92 Å². The minimum Gasteiger partial charge on any atom is -0.384 e.